The second-order valence-corrected chi connectivity index (χ2v) is 5.00. The van der Waals surface area contributed by atoms with Crippen LogP contribution in [0.15, 0.2) is 5.38 Å². The molecule has 2 N–H and O–H groups in total. The number of likely N-dealkylation sites (tertiary alicyclic amines) is 1. The molecule has 1 aromatic heterocycles. The zero-order valence-corrected chi connectivity index (χ0v) is 10.7. The van der Waals surface area contributed by atoms with E-state index < -0.39 is 5.97 Å². The average Bonchev–Trinajstić information content (AvgIpc) is 3.00. The first kappa shape index (κ1) is 13.0. The average molecular weight is 269 g/mol. The number of amides is 1. The maximum Gasteiger partial charge on any atom is 0.365 e. The van der Waals surface area contributed by atoms with Crippen molar-refractivity contribution >= 4 is 23.2 Å². The van der Waals surface area contributed by atoms with Gasteiger partial charge in [0.25, 0.3) is 0 Å². The third-order valence-electron chi connectivity index (χ3n) is 2.78. The number of nitrogens with zero attached hydrogens (tertiary/aromatic N) is 2. The van der Waals surface area contributed by atoms with Gasteiger partial charge in [-0.1, -0.05) is 0 Å². The van der Waals surface area contributed by atoms with Crippen LogP contribution in [0.25, 0.3) is 0 Å². The summed E-state index contributed by atoms with van der Waals surface area (Å²) in [4.78, 5) is 28.1. The van der Waals surface area contributed by atoms with Gasteiger partial charge in [-0.15, -0.1) is 11.3 Å². The lowest BCUT2D eigenvalue weighted by molar-refractivity contribution is -0.129. The first-order valence-electron chi connectivity index (χ1n) is 5.83. The lowest BCUT2D eigenvalue weighted by Gasteiger charge is -2.15. The van der Waals surface area contributed by atoms with Crippen molar-refractivity contribution in [1.82, 2.24) is 15.2 Å². The second-order valence-electron chi connectivity index (χ2n) is 4.14. The van der Waals surface area contributed by atoms with E-state index in [1.807, 2.05) is 4.90 Å². The van der Waals surface area contributed by atoms with Gasteiger partial charge in [-0.3, -0.25) is 4.79 Å². The molecule has 1 aromatic rings. The quantitative estimate of drug-likeness (QED) is 0.816. The Balaban J connectivity index is 1.74. The van der Waals surface area contributed by atoms with E-state index in [9.17, 15) is 9.59 Å². The molecular formula is C11H15N3O3S. The summed E-state index contributed by atoms with van der Waals surface area (Å²) in [6.07, 6.45) is 2.17. The number of carboxylic acids is 1. The molecule has 1 fully saturated rings. The lowest BCUT2D eigenvalue weighted by Crippen LogP contribution is -2.36. The summed E-state index contributed by atoms with van der Waals surface area (Å²) in [6.45, 7) is 2.39. The number of carbonyl (C=O) groups excluding carboxylic acids is 1. The molecule has 0 bridgehead atoms. The van der Waals surface area contributed by atoms with E-state index in [2.05, 4.69) is 10.3 Å². The Morgan fingerprint density at radius 3 is 2.78 bits per heavy atom. The number of thiazole rings is 1. The van der Waals surface area contributed by atoms with E-state index in [0.717, 1.165) is 37.3 Å². The van der Waals surface area contributed by atoms with Crippen LogP contribution in [0.1, 0.15) is 28.3 Å². The second kappa shape index (κ2) is 5.92. The zero-order chi connectivity index (χ0) is 13.0. The molecule has 1 amide bonds. The van der Waals surface area contributed by atoms with E-state index in [1.54, 1.807) is 5.38 Å². The van der Waals surface area contributed by atoms with Gasteiger partial charge < -0.3 is 15.3 Å². The van der Waals surface area contributed by atoms with Crippen LogP contribution in [0, 0.1) is 0 Å². The van der Waals surface area contributed by atoms with E-state index in [-0.39, 0.29) is 17.5 Å². The molecular weight excluding hydrogens is 254 g/mol. The molecule has 18 heavy (non-hydrogen) atoms. The van der Waals surface area contributed by atoms with Gasteiger partial charge >= 0.3 is 5.97 Å². The number of carbonyl (C=O) groups is 2. The van der Waals surface area contributed by atoms with Crippen LogP contribution in [0.5, 0.6) is 0 Å². The zero-order valence-electron chi connectivity index (χ0n) is 9.89. The fraction of sp³-hybridized carbons (Fsp3) is 0.545. The fourth-order valence-corrected chi connectivity index (χ4v) is 2.52. The van der Waals surface area contributed by atoms with Crippen molar-refractivity contribution in [3.63, 3.8) is 0 Å². The third-order valence-corrected chi connectivity index (χ3v) is 3.65. The van der Waals surface area contributed by atoms with Gasteiger partial charge in [0.2, 0.25) is 10.9 Å². The number of nitrogens with one attached hydrogen (secondary N) is 1. The van der Waals surface area contributed by atoms with Crippen molar-refractivity contribution in [2.24, 2.45) is 0 Å². The fourth-order valence-electron chi connectivity index (χ4n) is 1.86. The summed E-state index contributed by atoms with van der Waals surface area (Å²) in [5, 5.41) is 13.5. The first-order chi connectivity index (χ1) is 8.66. The van der Waals surface area contributed by atoms with E-state index in [1.165, 1.54) is 0 Å². The van der Waals surface area contributed by atoms with Gasteiger partial charge in [0.05, 0.1) is 12.2 Å². The monoisotopic (exact) mass is 269 g/mol. The van der Waals surface area contributed by atoms with Crippen LogP contribution in [0.2, 0.25) is 0 Å². The van der Waals surface area contributed by atoms with Crippen molar-refractivity contribution in [2.45, 2.75) is 19.4 Å². The van der Waals surface area contributed by atoms with Crippen molar-refractivity contribution < 1.29 is 14.7 Å². The molecule has 0 radical (unpaired) electrons. The van der Waals surface area contributed by atoms with Gasteiger partial charge in [0.15, 0.2) is 0 Å². The molecule has 7 heteroatoms. The minimum absolute atomic E-state index is 0.0812. The highest BCUT2D eigenvalue weighted by atomic mass is 32.1. The molecule has 6 nitrogen and oxygen atoms in total. The minimum atomic E-state index is -1.01. The van der Waals surface area contributed by atoms with Crippen molar-refractivity contribution in [2.75, 3.05) is 19.6 Å². The van der Waals surface area contributed by atoms with Crippen LogP contribution in [0.4, 0.5) is 0 Å². The number of aromatic carboxylic acids is 1. The minimum Gasteiger partial charge on any atom is -0.476 e. The highest BCUT2D eigenvalue weighted by Crippen LogP contribution is 2.09. The van der Waals surface area contributed by atoms with Gasteiger partial charge in [0, 0.05) is 25.0 Å². The highest BCUT2D eigenvalue weighted by Gasteiger charge is 2.17. The Morgan fingerprint density at radius 1 is 1.44 bits per heavy atom. The Morgan fingerprint density at radius 2 is 2.17 bits per heavy atom. The van der Waals surface area contributed by atoms with Gasteiger partial charge in [-0.05, 0) is 12.8 Å². The predicted octanol–water partition coefficient (Wildman–Crippen LogP) is 0.553. The Hall–Kier alpha value is -1.47. The summed E-state index contributed by atoms with van der Waals surface area (Å²) in [6, 6.07) is 0. The van der Waals surface area contributed by atoms with Crippen molar-refractivity contribution in [3.8, 4) is 0 Å². The Labute approximate surface area is 109 Å². The molecule has 1 aliphatic rings. The summed E-state index contributed by atoms with van der Waals surface area (Å²) in [5.74, 6) is -0.916. The van der Waals surface area contributed by atoms with Crippen LogP contribution in [0.3, 0.4) is 0 Å². The summed E-state index contributed by atoms with van der Waals surface area (Å²) in [5.41, 5.74) is 0.659. The molecule has 2 rings (SSSR count). The lowest BCUT2D eigenvalue weighted by atomic mass is 10.4. The molecule has 0 atom stereocenters. The largest absolute Gasteiger partial charge is 0.476 e. The first-order valence-corrected chi connectivity index (χ1v) is 6.71. The number of hydrogen-bond donors (Lipinski definition) is 2. The van der Waals surface area contributed by atoms with Crippen LogP contribution < -0.4 is 5.32 Å². The Kier molecular flexibility index (Phi) is 4.27. The Bertz CT molecular complexity index is 440. The SMILES string of the molecule is O=C(O)c1nc(CNCC(=O)N2CCCC2)cs1. The van der Waals surface area contributed by atoms with Crippen LogP contribution in [-0.2, 0) is 11.3 Å². The van der Waals surface area contributed by atoms with E-state index in [0.29, 0.717) is 12.2 Å². The van der Waals surface area contributed by atoms with Crippen molar-refractivity contribution in [3.05, 3.63) is 16.1 Å². The summed E-state index contributed by atoms with van der Waals surface area (Å²) in [7, 11) is 0. The van der Waals surface area contributed by atoms with E-state index >= 15 is 0 Å². The molecule has 98 valence electrons. The third kappa shape index (κ3) is 3.27. The number of carboxylic acid groups (broad SMARTS) is 1. The standard InChI is InChI=1S/C11H15N3O3S/c15-9(14-3-1-2-4-14)6-12-5-8-7-18-10(13-8)11(16)17/h7,12H,1-6H2,(H,16,17). The van der Waals surface area contributed by atoms with Crippen LogP contribution >= 0.6 is 11.3 Å². The predicted molar refractivity (Wildman–Crippen MR) is 66.6 cm³/mol. The van der Waals surface area contributed by atoms with Crippen molar-refractivity contribution in [1.29, 1.82) is 0 Å². The number of hydrogen-bond acceptors (Lipinski definition) is 5. The van der Waals surface area contributed by atoms with Crippen LogP contribution in [-0.4, -0.2) is 46.5 Å². The maximum atomic E-state index is 11.7. The molecule has 1 aliphatic heterocycles. The topological polar surface area (TPSA) is 82.5 Å². The maximum absolute atomic E-state index is 11.7. The molecule has 1 saturated heterocycles. The normalized spacial score (nSPS) is 15.0. The smallest absolute Gasteiger partial charge is 0.365 e. The number of aromatic nitrogens is 1. The van der Waals surface area contributed by atoms with E-state index in [4.69, 9.17) is 5.11 Å². The van der Waals surface area contributed by atoms with Gasteiger partial charge in [-0.2, -0.15) is 0 Å². The number of rotatable bonds is 5. The molecule has 0 aliphatic carbocycles. The molecule has 0 spiro atoms. The molecule has 0 saturated carbocycles. The molecule has 0 aromatic carbocycles. The summed E-state index contributed by atoms with van der Waals surface area (Å²) < 4.78 is 0. The van der Waals surface area contributed by atoms with Gasteiger partial charge in [-0.25, -0.2) is 9.78 Å². The summed E-state index contributed by atoms with van der Waals surface area (Å²) >= 11 is 1.10. The molecule has 2 heterocycles. The van der Waals surface area contributed by atoms with Gasteiger partial charge in [0.1, 0.15) is 0 Å². The molecule has 0 unspecified atom stereocenters. The highest BCUT2D eigenvalue weighted by molar-refractivity contribution is 7.11.